The minimum atomic E-state index is -0.0783. The zero-order valence-corrected chi connectivity index (χ0v) is 16.1. The number of methoxy groups -OCH3 is 1. The van der Waals surface area contributed by atoms with Gasteiger partial charge in [-0.15, -0.1) is 0 Å². The Bertz CT molecular complexity index is 1120. The molecule has 0 unspecified atom stereocenters. The van der Waals surface area contributed by atoms with Crippen LogP contribution in [0.4, 0.5) is 5.69 Å². The maximum absolute atomic E-state index is 12.8. The highest BCUT2D eigenvalue weighted by molar-refractivity contribution is 6.10. The molecular formula is C21H19N5O3. The van der Waals surface area contributed by atoms with E-state index < -0.39 is 0 Å². The second kappa shape index (κ2) is 7.64. The van der Waals surface area contributed by atoms with E-state index in [1.807, 2.05) is 37.3 Å². The number of nitriles is 1. The molecule has 2 aromatic heterocycles. The van der Waals surface area contributed by atoms with Gasteiger partial charge in [0.15, 0.2) is 5.75 Å². The Morgan fingerprint density at radius 3 is 2.86 bits per heavy atom. The molecule has 0 atom stereocenters. The van der Waals surface area contributed by atoms with Crippen molar-refractivity contribution in [3.8, 4) is 28.8 Å². The number of ether oxygens (including phenoxy) is 2. The van der Waals surface area contributed by atoms with Gasteiger partial charge in [0.25, 0.3) is 11.8 Å². The second-order valence-electron chi connectivity index (χ2n) is 6.48. The molecule has 1 amide bonds. The van der Waals surface area contributed by atoms with Crippen molar-refractivity contribution < 1.29 is 14.3 Å². The molecule has 0 fully saturated rings. The van der Waals surface area contributed by atoms with Crippen molar-refractivity contribution in [3.05, 3.63) is 54.0 Å². The molecule has 8 nitrogen and oxygen atoms in total. The summed E-state index contributed by atoms with van der Waals surface area (Å²) in [5, 5.41) is 12.9. The van der Waals surface area contributed by atoms with E-state index in [1.54, 1.807) is 30.6 Å². The van der Waals surface area contributed by atoms with Crippen LogP contribution in [0.1, 0.15) is 22.8 Å². The van der Waals surface area contributed by atoms with Crippen molar-refractivity contribution in [2.45, 2.75) is 20.0 Å². The predicted octanol–water partition coefficient (Wildman–Crippen LogP) is 3.04. The summed E-state index contributed by atoms with van der Waals surface area (Å²) >= 11 is 0. The lowest BCUT2D eigenvalue weighted by Crippen LogP contribution is -2.22. The van der Waals surface area contributed by atoms with E-state index in [0.717, 1.165) is 16.7 Å². The molecule has 146 valence electrons. The lowest BCUT2D eigenvalue weighted by molar-refractivity contribution is 0.0996. The highest BCUT2D eigenvalue weighted by Crippen LogP contribution is 2.34. The fraction of sp³-hybridized carbons (Fsp3) is 0.238. The van der Waals surface area contributed by atoms with Gasteiger partial charge in [-0.3, -0.25) is 9.48 Å². The number of benzene rings is 1. The monoisotopic (exact) mass is 389 g/mol. The molecule has 0 saturated heterocycles. The first kappa shape index (κ1) is 18.5. The van der Waals surface area contributed by atoms with Crippen molar-refractivity contribution in [3.63, 3.8) is 0 Å². The lowest BCUT2D eigenvalue weighted by atomic mass is 10.0. The van der Waals surface area contributed by atoms with Crippen molar-refractivity contribution in [1.82, 2.24) is 14.8 Å². The minimum absolute atomic E-state index is 0.0783. The van der Waals surface area contributed by atoms with E-state index in [1.165, 1.54) is 4.68 Å². The maximum atomic E-state index is 12.8. The van der Waals surface area contributed by atoms with Gasteiger partial charge < -0.3 is 14.4 Å². The topological polar surface area (TPSA) is 93.3 Å². The molecule has 29 heavy (non-hydrogen) atoms. The van der Waals surface area contributed by atoms with Gasteiger partial charge in [0.05, 0.1) is 38.2 Å². The molecule has 0 spiro atoms. The molecule has 3 aromatic rings. The minimum Gasteiger partial charge on any atom is -0.491 e. The SMILES string of the molecule is CCOc1ncc(-c2ccc3c(c2)CN(c2cnn(CC#N)c2)C3=O)cc1OC. The highest BCUT2D eigenvalue weighted by Gasteiger charge is 2.29. The number of rotatable bonds is 6. The van der Waals surface area contributed by atoms with E-state index >= 15 is 0 Å². The van der Waals surface area contributed by atoms with Gasteiger partial charge in [0.2, 0.25) is 0 Å². The van der Waals surface area contributed by atoms with Crippen LogP contribution in [0.3, 0.4) is 0 Å². The van der Waals surface area contributed by atoms with Gasteiger partial charge in [-0.25, -0.2) is 4.98 Å². The van der Waals surface area contributed by atoms with Gasteiger partial charge in [-0.05, 0) is 36.2 Å². The van der Waals surface area contributed by atoms with Crippen molar-refractivity contribution in [1.29, 1.82) is 5.26 Å². The molecule has 0 N–H and O–H groups in total. The molecule has 4 rings (SSSR count). The van der Waals surface area contributed by atoms with Crippen LogP contribution >= 0.6 is 0 Å². The zero-order chi connectivity index (χ0) is 20.4. The Morgan fingerprint density at radius 2 is 2.10 bits per heavy atom. The third-order valence-electron chi connectivity index (χ3n) is 4.73. The Morgan fingerprint density at radius 1 is 1.24 bits per heavy atom. The van der Waals surface area contributed by atoms with Crippen LogP contribution in [0.5, 0.6) is 11.6 Å². The third kappa shape index (κ3) is 3.38. The highest BCUT2D eigenvalue weighted by atomic mass is 16.5. The zero-order valence-electron chi connectivity index (χ0n) is 16.1. The molecule has 1 aromatic carbocycles. The van der Waals surface area contributed by atoms with Crippen molar-refractivity contribution in [2.24, 2.45) is 0 Å². The van der Waals surface area contributed by atoms with Crippen LogP contribution in [0, 0.1) is 11.3 Å². The fourth-order valence-corrected chi connectivity index (χ4v) is 3.34. The first-order valence-corrected chi connectivity index (χ1v) is 9.16. The van der Waals surface area contributed by atoms with E-state index in [2.05, 4.69) is 10.1 Å². The quantitative estimate of drug-likeness (QED) is 0.643. The number of fused-ring (bicyclic) bond motifs is 1. The smallest absolute Gasteiger partial charge is 0.259 e. The number of carbonyl (C=O) groups excluding carboxylic acids is 1. The van der Waals surface area contributed by atoms with Crippen LogP contribution in [-0.4, -0.2) is 34.4 Å². The second-order valence-corrected chi connectivity index (χ2v) is 6.48. The van der Waals surface area contributed by atoms with E-state index in [-0.39, 0.29) is 12.5 Å². The Kier molecular flexibility index (Phi) is 4.87. The maximum Gasteiger partial charge on any atom is 0.259 e. The van der Waals surface area contributed by atoms with Gasteiger partial charge in [0.1, 0.15) is 6.54 Å². The fourth-order valence-electron chi connectivity index (χ4n) is 3.34. The van der Waals surface area contributed by atoms with Gasteiger partial charge in [-0.2, -0.15) is 10.4 Å². The number of aromatic nitrogens is 3. The van der Waals surface area contributed by atoms with Crippen LogP contribution in [0.2, 0.25) is 0 Å². The van der Waals surface area contributed by atoms with E-state index in [9.17, 15) is 4.79 Å². The van der Waals surface area contributed by atoms with Gasteiger partial charge in [-0.1, -0.05) is 6.07 Å². The Balaban J connectivity index is 1.63. The van der Waals surface area contributed by atoms with Gasteiger partial charge in [0, 0.05) is 23.5 Å². The molecular weight excluding hydrogens is 370 g/mol. The van der Waals surface area contributed by atoms with Crippen LogP contribution < -0.4 is 14.4 Å². The number of hydrogen-bond acceptors (Lipinski definition) is 6. The summed E-state index contributed by atoms with van der Waals surface area (Å²) in [6.45, 7) is 2.99. The van der Waals surface area contributed by atoms with Crippen molar-refractivity contribution in [2.75, 3.05) is 18.6 Å². The van der Waals surface area contributed by atoms with Gasteiger partial charge >= 0.3 is 0 Å². The molecule has 0 bridgehead atoms. The first-order chi connectivity index (χ1) is 14.1. The summed E-state index contributed by atoms with van der Waals surface area (Å²) < 4.78 is 12.4. The number of nitrogens with zero attached hydrogens (tertiary/aromatic N) is 5. The molecule has 1 aliphatic rings. The largest absolute Gasteiger partial charge is 0.491 e. The predicted molar refractivity (Wildman–Crippen MR) is 106 cm³/mol. The Labute approximate surface area is 167 Å². The van der Waals surface area contributed by atoms with E-state index in [0.29, 0.717) is 36.0 Å². The third-order valence-corrected chi connectivity index (χ3v) is 4.73. The number of anilines is 1. The molecule has 0 saturated carbocycles. The molecule has 3 heterocycles. The normalized spacial score (nSPS) is 12.6. The first-order valence-electron chi connectivity index (χ1n) is 9.16. The van der Waals surface area contributed by atoms with E-state index in [4.69, 9.17) is 14.7 Å². The summed E-state index contributed by atoms with van der Waals surface area (Å²) in [5.74, 6) is 0.938. The number of carbonyl (C=O) groups is 1. The molecule has 0 radical (unpaired) electrons. The average Bonchev–Trinajstić information content (AvgIpc) is 3.33. The van der Waals surface area contributed by atoms with Crippen LogP contribution in [0.15, 0.2) is 42.9 Å². The summed E-state index contributed by atoms with van der Waals surface area (Å²) in [4.78, 5) is 18.8. The lowest BCUT2D eigenvalue weighted by Gasteiger charge is -2.12. The standard InChI is InChI=1S/C21H19N5O3/c1-3-29-20-19(28-2)9-15(10-23-20)14-4-5-18-16(8-14)12-26(21(18)27)17-11-24-25(13-17)7-6-22/h4-5,8-11,13H,3,7,12H2,1-2H3. The number of hydrogen-bond donors (Lipinski definition) is 0. The summed E-state index contributed by atoms with van der Waals surface area (Å²) in [6, 6.07) is 9.63. The summed E-state index contributed by atoms with van der Waals surface area (Å²) in [6.07, 6.45) is 5.04. The number of amides is 1. The van der Waals surface area contributed by atoms with Crippen LogP contribution in [-0.2, 0) is 13.1 Å². The number of pyridine rings is 1. The molecule has 8 heteroatoms. The van der Waals surface area contributed by atoms with Crippen molar-refractivity contribution >= 4 is 11.6 Å². The Hall–Kier alpha value is -3.86. The average molecular weight is 389 g/mol. The summed E-state index contributed by atoms with van der Waals surface area (Å²) in [7, 11) is 1.58. The molecule has 1 aliphatic heterocycles. The van der Waals surface area contributed by atoms with Crippen LogP contribution in [0.25, 0.3) is 11.1 Å². The summed E-state index contributed by atoms with van der Waals surface area (Å²) in [5.41, 5.74) is 4.07. The molecule has 0 aliphatic carbocycles.